The van der Waals surface area contributed by atoms with Crippen molar-refractivity contribution in [2.24, 2.45) is 5.11 Å². The van der Waals surface area contributed by atoms with Gasteiger partial charge in [0, 0.05) is 16.7 Å². The van der Waals surface area contributed by atoms with Crippen molar-refractivity contribution in [2.45, 2.75) is 0 Å². The molecule has 4 N–H and O–H groups in total. The molecule has 0 spiro atoms. The normalized spacial score (nSPS) is 10.2. The van der Waals surface area contributed by atoms with E-state index >= 15 is 0 Å². The van der Waals surface area contributed by atoms with Gasteiger partial charge < -0.3 is 0 Å². The molecule has 3 aromatic carbocycles. The number of hydrogen-bond acceptors (Lipinski definition) is 5. The van der Waals surface area contributed by atoms with Gasteiger partial charge in [0.15, 0.2) is 0 Å². The predicted octanol–water partition coefficient (Wildman–Crippen LogP) is 2.60. The van der Waals surface area contributed by atoms with Gasteiger partial charge in [0.2, 0.25) is 5.95 Å². The SMILES string of the molecule is C#Cc1ccc(C(=O)Nc2nc(NC(=O)c3ccc(N=[NH2+])cc3)n(-c3ccccc3)n2)cc1. The summed E-state index contributed by atoms with van der Waals surface area (Å²) in [5, 5.41) is 13.3. The molecule has 33 heavy (non-hydrogen) atoms. The minimum Gasteiger partial charge on any atom is -0.290 e. The molecule has 9 nitrogen and oxygen atoms in total. The fraction of sp³-hybridized carbons (Fsp3) is 0. The van der Waals surface area contributed by atoms with E-state index in [1.165, 1.54) is 4.68 Å². The molecule has 0 unspecified atom stereocenters. The molecule has 2 amide bonds. The van der Waals surface area contributed by atoms with E-state index in [-0.39, 0.29) is 11.9 Å². The maximum absolute atomic E-state index is 12.8. The van der Waals surface area contributed by atoms with Crippen molar-refractivity contribution in [3.8, 4) is 18.0 Å². The van der Waals surface area contributed by atoms with Crippen LogP contribution in [0.5, 0.6) is 0 Å². The van der Waals surface area contributed by atoms with Crippen LogP contribution in [-0.4, -0.2) is 26.6 Å². The minimum atomic E-state index is -0.414. The highest BCUT2D eigenvalue weighted by molar-refractivity contribution is 6.05. The second-order valence-corrected chi connectivity index (χ2v) is 6.81. The molecule has 1 heterocycles. The molecule has 0 bridgehead atoms. The molecule has 0 radical (unpaired) electrons. The highest BCUT2D eigenvalue weighted by atomic mass is 16.2. The Kier molecular flexibility index (Phi) is 6.00. The van der Waals surface area contributed by atoms with Gasteiger partial charge in [-0.1, -0.05) is 24.1 Å². The van der Waals surface area contributed by atoms with Crippen molar-refractivity contribution in [1.29, 1.82) is 0 Å². The zero-order valence-electron chi connectivity index (χ0n) is 17.3. The summed E-state index contributed by atoms with van der Waals surface area (Å²) in [4.78, 5) is 29.7. The lowest BCUT2D eigenvalue weighted by Crippen LogP contribution is -2.22. The molecule has 0 aliphatic rings. The van der Waals surface area contributed by atoms with E-state index in [1.54, 1.807) is 60.7 Å². The Bertz CT molecular complexity index is 1350. The third-order valence-corrected chi connectivity index (χ3v) is 4.65. The highest BCUT2D eigenvalue weighted by Gasteiger charge is 2.17. The molecule has 0 aliphatic carbocycles. The fourth-order valence-corrected chi connectivity index (χ4v) is 2.96. The number of aromatic nitrogens is 3. The van der Waals surface area contributed by atoms with Gasteiger partial charge in [-0.2, -0.15) is 15.2 Å². The van der Waals surface area contributed by atoms with Gasteiger partial charge in [-0.05, 0) is 65.8 Å². The number of hydrogen-bond donors (Lipinski definition) is 3. The van der Waals surface area contributed by atoms with Crippen LogP contribution in [0.4, 0.5) is 17.6 Å². The van der Waals surface area contributed by atoms with Gasteiger partial charge in [0.25, 0.3) is 17.8 Å². The molecule has 0 fully saturated rings. The van der Waals surface area contributed by atoms with Crippen molar-refractivity contribution >= 4 is 29.4 Å². The van der Waals surface area contributed by atoms with Gasteiger partial charge in [-0.3, -0.25) is 20.2 Å². The molecular weight excluding hydrogens is 418 g/mol. The largest absolute Gasteiger partial charge is 0.290 e. The van der Waals surface area contributed by atoms with Crippen LogP contribution < -0.4 is 16.2 Å². The Morgan fingerprint density at radius 2 is 1.48 bits per heavy atom. The van der Waals surface area contributed by atoms with Crippen LogP contribution in [0.1, 0.15) is 26.3 Å². The molecule has 0 saturated carbocycles. The van der Waals surface area contributed by atoms with Crippen molar-refractivity contribution in [3.05, 3.63) is 95.6 Å². The molecule has 160 valence electrons. The molecule has 0 aliphatic heterocycles. The van der Waals surface area contributed by atoms with Crippen LogP contribution in [0, 0.1) is 12.3 Å². The van der Waals surface area contributed by atoms with Gasteiger partial charge in [0.05, 0.1) is 5.69 Å². The summed E-state index contributed by atoms with van der Waals surface area (Å²) >= 11 is 0. The number of carbonyl (C=O) groups is 2. The van der Waals surface area contributed by atoms with Crippen LogP contribution in [0.3, 0.4) is 0 Å². The first kappa shape index (κ1) is 21.1. The number of rotatable bonds is 6. The number of carbonyl (C=O) groups excluding carboxylic acids is 2. The number of nitrogens with zero attached hydrogens (tertiary/aromatic N) is 4. The summed E-state index contributed by atoms with van der Waals surface area (Å²) in [6, 6.07) is 22.1. The van der Waals surface area contributed by atoms with Crippen LogP contribution in [-0.2, 0) is 0 Å². The first-order valence-electron chi connectivity index (χ1n) is 9.80. The van der Waals surface area contributed by atoms with E-state index < -0.39 is 11.8 Å². The topological polar surface area (TPSA) is 127 Å². The monoisotopic (exact) mass is 436 g/mol. The fourth-order valence-electron chi connectivity index (χ4n) is 2.96. The summed E-state index contributed by atoms with van der Waals surface area (Å²) in [7, 11) is 0. The molecule has 4 aromatic rings. The van der Waals surface area contributed by atoms with Crippen LogP contribution in [0.25, 0.3) is 5.69 Å². The van der Waals surface area contributed by atoms with Crippen molar-refractivity contribution in [1.82, 2.24) is 14.8 Å². The van der Waals surface area contributed by atoms with E-state index in [1.807, 2.05) is 18.2 Å². The maximum atomic E-state index is 12.8. The second-order valence-electron chi connectivity index (χ2n) is 6.81. The number of benzene rings is 3. The smallest absolute Gasteiger partial charge is 0.258 e. The number of nitrogens with two attached hydrogens (primary N) is 1. The zero-order valence-corrected chi connectivity index (χ0v) is 17.3. The molecule has 1 aromatic heterocycles. The third kappa shape index (κ3) is 4.81. The van der Waals surface area contributed by atoms with Crippen molar-refractivity contribution < 1.29 is 15.1 Å². The summed E-state index contributed by atoms with van der Waals surface area (Å²) in [6.07, 6.45) is 5.35. The van der Waals surface area contributed by atoms with E-state index in [4.69, 9.17) is 12.0 Å². The van der Waals surface area contributed by atoms with Crippen LogP contribution in [0.2, 0.25) is 0 Å². The van der Waals surface area contributed by atoms with E-state index in [0.29, 0.717) is 28.1 Å². The number of amides is 2. The predicted molar refractivity (Wildman–Crippen MR) is 122 cm³/mol. The van der Waals surface area contributed by atoms with Gasteiger partial charge in [0.1, 0.15) is 5.69 Å². The maximum Gasteiger partial charge on any atom is 0.258 e. The number of nitrogens with one attached hydrogen (secondary N) is 2. The molecule has 4 rings (SSSR count). The lowest BCUT2D eigenvalue weighted by Gasteiger charge is -2.07. The van der Waals surface area contributed by atoms with Crippen LogP contribution >= 0.6 is 0 Å². The Labute approximate surface area is 189 Å². The van der Waals surface area contributed by atoms with Gasteiger partial charge in [-0.25, -0.2) is 0 Å². The minimum absolute atomic E-state index is 0.0254. The number of anilines is 2. The number of para-hydroxylation sites is 1. The first-order valence-corrected chi connectivity index (χ1v) is 9.80. The van der Waals surface area contributed by atoms with Gasteiger partial charge in [-0.15, -0.1) is 11.5 Å². The Morgan fingerprint density at radius 1 is 0.879 bits per heavy atom. The van der Waals surface area contributed by atoms with E-state index in [0.717, 1.165) is 0 Å². The van der Waals surface area contributed by atoms with Crippen molar-refractivity contribution in [3.63, 3.8) is 0 Å². The summed E-state index contributed by atoms with van der Waals surface area (Å²) < 4.78 is 1.43. The van der Waals surface area contributed by atoms with E-state index in [9.17, 15) is 9.59 Å². The average molecular weight is 436 g/mol. The average Bonchev–Trinajstić information content (AvgIpc) is 3.26. The molecule has 9 heteroatoms. The van der Waals surface area contributed by atoms with Gasteiger partial charge >= 0.3 is 0 Å². The lowest BCUT2D eigenvalue weighted by molar-refractivity contribution is -0.210. The molecule has 0 saturated heterocycles. The Morgan fingerprint density at radius 3 is 2.09 bits per heavy atom. The quantitative estimate of drug-likeness (QED) is 0.317. The lowest BCUT2D eigenvalue weighted by atomic mass is 10.1. The van der Waals surface area contributed by atoms with Crippen molar-refractivity contribution in [2.75, 3.05) is 10.6 Å². The summed E-state index contributed by atoms with van der Waals surface area (Å²) in [5.41, 5.74) is 7.86. The van der Waals surface area contributed by atoms with E-state index in [2.05, 4.69) is 31.8 Å². The second kappa shape index (κ2) is 9.36. The standard InChI is InChI=1S/C24H17N7O2/c1-2-16-8-10-17(11-9-16)21(32)26-23-28-24(31(30-23)20-6-4-3-5-7-20)27-22(33)18-12-14-19(29-25)15-13-18/h1,3-15,25H,(H2,26,27,28,30,32,33)/p+1. The highest BCUT2D eigenvalue weighted by Crippen LogP contribution is 2.18. The molecule has 0 atom stereocenters. The summed E-state index contributed by atoms with van der Waals surface area (Å²) in [5.74, 6) is 1.83. The Balaban J connectivity index is 1.61. The number of terminal acetylenes is 1. The molecular formula is C24H18N7O2+. The third-order valence-electron chi connectivity index (χ3n) is 4.65. The first-order chi connectivity index (χ1) is 16.1. The zero-order chi connectivity index (χ0) is 23.2. The Hall–Kier alpha value is -5.10. The van der Waals surface area contributed by atoms with Crippen LogP contribution in [0.15, 0.2) is 84.0 Å². The summed E-state index contributed by atoms with van der Waals surface area (Å²) in [6.45, 7) is 0.